The summed E-state index contributed by atoms with van der Waals surface area (Å²) in [6.07, 6.45) is 2.76. The Bertz CT molecular complexity index is 1260. The molecule has 1 atom stereocenters. The quantitative estimate of drug-likeness (QED) is 0.618. The Morgan fingerprint density at radius 2 is 2.00 bits per heavy atom. The normalized spacial score (nSPS) is 18.0. The molecule has 0 radical (unpaired) electrons. The van der Waals surface area contributed by atoms with Crippen molar-refractivity contribution < 1.29 is 23.1 Å². The monoisotopic (exact) mass is 508 g/mol. The second-order valence-corrected chi connectivity index (χ2v) is 8.25. The first kappa shape index (κ1) is 23.3. The Morgan fingerprint density at radius 1 is 1.31 bits per heavy atom. The van der Waals surface area contributed by atoms with Gasteiger partial charge >= 0.3 is 0 Å². The van der Waals surface area contributed by atoms with E-state index in [1.165, 1.54) is 25.1 Å². The van der Waals surface area contributed by atoms with Crippen LogP contribution < -0.4 is 21.8 Å². The van der Waals surface area contributed by atoms with Gasteiger partial charge in [0.1, 0.15) is 28.5 Å². The lowest BCUT2D eigenvalue weighted by Crippen LogP contribution is -2.38. The van der Waals surface area contributed by atoms with E-state index in [4.69, 9.17) is 16.2 Å². The molecule has 1 aliphatic carbocycles. The standard InChI is InChI=1S/C21H19BrF2N4O4/c1-10-27-18(32-9-11-3-4-12(23)7-14(11)24)16(22)19(30)28(10)15-8-21(2,20(26)31)6-5-13(15)17(25)29/h3-7H,8-9H2,1-2H3,(H2,25,29)(H2,26,31). The molecule has 0 saturated heterocycles. The Balaban J connectivity index is 2.04. The van der Waals surface area contributed by atoms with Crippen LogP contribution in [0.1, 0.15) is 24.7 Å². The van der Waals surface area contributed by atoms with Gasteiger partial charge in [0, 0.05) is 23.7 Å². The number of amides is 2. The lowest BCUT2D eigenvalue weighted by molar-refractivity contribution is -0.124. The maximum absolute atomic E-state index is 13.9. The summed E-state index contributed by atoms with van der Waals surface area (Å²) in [5.41, 5.74) is 9.43. The second-order valence-electron chi connectivity index (χ2n) is 7.46. The van der Waals surface area contributed by atoms with Crippen LogP contribution in [0.2, 0.25) is 0 Å². The number of halogens is 3. The van der Waals surface area contributed by atoms with Gasteiger partial charge in [0.25, 0.3) is 5.56 Å². The number of nitrogens with zero attached hydrogens (tertiary/aromatic N) is 2. The molecule has 4 N–H and O–H groups in total. The number of aryl methyl sites for hydroxylation is 1. The SMILES string of the molecule is Cc1nc(OCc2ccc(F)cc2F)c(Br)c(=O)n1C1=C(C(N)=O)C=CC(C)(C(N)=O)C1. The van der Waals surface area contributed by atoms with Gasteiger partial charge in [-0.1, -0.05) is 12.2 Å². The Kier molecular flexibility index (Phi) is 6.31. The van der Waals surface area contributed by atoms with E-state index < -0.39 is 34.4 Å². The molecule has 1 unspecified atom stereocenters. The minimum absolute atomic E-state index is 0.0321. The van der Waals surface area contributed by atoms with Gasteiger partial charge in [-0.15, -0.1) is 0 Å². The number of nitrogens with two attached hydrogens (primary N) is 2. The van der Waals surface area contributed by atoms with Crippen LogP contribution in [0, 0.1) is 24.0 Å². The number of ether oxygens (including phenoxy) is 1. The van der Waals surface area contributed by atoms with Crippen LogP contribution in [-0.4, -0.2) is 21.4 Å². The predicted molar refractivity (Wildman–Crippen MR) is 115 cm³/mol. The molecule has 8 nitrogen and oxygen atoms in total. The lowest BCUT2D eigenvalue weighted by Gasteiger charge is -2.29. The largest absolute Gasteiger partial charge is 0.472 e. The highest BCUT2D eigenvalue weighted by atomic mass is 79.9. The van der Waals surface area contributed by atoms with Crippen molar-refractivity contribution in [1.82, 2.24) is 9.55 Å². The highest BCUT2D eigenvalue weighted by Crippen LogP contribution is 2.36. The zero-order valence-electron chi connectivity index (χ0n) is 17.1. The number of hydrogen-bond donors (Lipinski definition) is 2. The summed E-state index contributed by atoms with van der Waals surface area (Å²) in [7, 11) is 0. The Hall–Kier alpha value is -3.34. The molecule has 3 rings (SSSR count). The summed E-state index contributed by atoms with van der Waals surface area (Å²) in [6.45, 7) is 2.75. The molecule has 1 aromatic heterocycles. The van der Waals surface area contributed by atoms with Crippen LogP contribution in [0.3, 0.4) is 0 Å². The third-order valence-corrected chi connectivity index (χ3v) is 5.79. The van der Waals surface area contributed by atoms with Gasteiger partial charge in [-0.05, 0) is 41.9 Å². The number of allylic oxidation sites excluding steroid dienone is 1. The molecular formula is C21H19BrF2N4O4. The molecule has 1 heterocycles. The van der Waals surface area contributed by atoms with Crippen molar-refractivity contribution in [3.8, 4) is 5.88 Å². The molecule has 2 aromatic rings. The van der Waals surface area contributed by atoms with Crippen LogP contribution >= 0.6 is 15.9 Å². The summed E-state index contributed by atoms with van der Waals surface area (Å²) < 4.78 is 33.5. The Labute approximate surface area is 189 Å². The third kappa shape index (κ3) is 4.33. The molecule has 0 fully saturated rings. The number of carbonyl (C=O) groups is 2. The fraction of sp³-hybridized carbons (Fsp3) is 0.238. The molecule has 168 valence electrons. The van der Waals surface area contributed by atoms with E-state index in [2.05, 4.69) is 20.9 Å². The van der Waals surface area contributed by atoms with Crippen molar-refractivity contribution in [2.45, 2.75) is 26.9 Å². The number of aromatic nitrogens is 2. The van der Waals surface area contributed by atoms with Gasteiger partial charge in [0.2, 0.25) is 17.7 Å². The molecule has 0 aliphatic heterocycles. The van der Waals surface area contributed by atoms with Crippen molar-refractivity contribution in [2.24, 2.45) is 16.9 Å². The first-order chi connectivity index (χ1) is 14.9. The molecule has 1 aromatic carbocycles. The van der Waals surface area contributed by atoms with E-state index in [-0.39, 0.29) is 46.0 Å². The van der Waals surface area contributed by atoms with E-state index in [9.17, 15) is 23.2 Å². The maximum atomic E-state index is 13.9. The van der Waals surface area contributed by atoms with E-state index in [1.54, 1.807) is 6.92 Å². The van der Waals surface area contributed by atoms with E-state index >= 15 is 0 Å². The van der Waals surface area contributed by atoms with Gasteiger partial charge in [-0.25, -0.2) is 8.78 Å². The summed E-state index contributed by atoms with van der Waals surface area (Å²) >= 11 is 3.13. The number of hydrogen-bond acceptors (Lipinski definition) is 5. The number of rotatable bonds is 6. The third-order valence-electron chi connectivity index (χ3n) is 5.11. The average Bonchev–Trinajstić information content (AvgIpc) is 2.70. The van der Waals surface area contributed by atoms with Crippen molar-refractivity contribution in [3.05, 3.63) is 73.8 Å². The molecule has 11 heteroatoms. The first-order valence-electron chi connectivity index (χ1n) is 9.33. The molecule has 0 saturated carbocycles. The molecule has 1 aliphatic rings. The minimum Gasteiger partial charge on any atom is -0.472 e. The molecular weight excluding hydrogens is 490 g/mol. The first-order valence-corrected chi connectivity index (χ1v) is 10.1. The summed E-state index contributed by atoms with van der Waals surface area (Å²) in [6, 6.07) is 3.02. The zero-order chi connectivity index (χ0) is 23.8. The number of primary amides is 2. The van der Waals surface area contributed by atoms with E-state index in [0.29, 0.717) is 6.07 Å². The average molecular weight is 509 g/mol. The van der Waals surface area contributed by atoms with Crippen molar-refractivity contribution in [1.29, 1.82) is 0 Å². The molecule has 0 bridgehead atoms. The van der Waals surface area contributed by atoms with Crippen molar-refractivity contribution >= 4 is 33.4 Å². The Morgan fingerprint density at radius 3 is 2.59 bits per heavy atom. The van der Waals surface area contributed by atoms with Crippen LogP contribution in [-0.2, 0) is 16.2 Å². The molecule has 0 spiro atoms. The summed E-state index contributed by atoms with van der Waals surface area (Å²) in [5, 5.41) is 0. The fourth-order valence-electron chi connectivity index (χ4n) is 3.24. The second kappa shape index (κ2) is 8.65. The zero-order valence-corrected chi connectivity index (χ0v) is 18.7. The van der Waals surface area contributed by atoms with E-state index in [0.717, 1.165) is 10.6 Å². The smallest absolute Gasteiger partial charge is 0.276 e. The predicted octanol–water partition coefficient (Wildman–Crippen LogP) is 2.32. The van der Waals surface area contributed by atoms with Crippen LogP contribution in [0.25, 0.3) is 5.70 Å². The molecule has 32 heavy (non-hydrogen) atoms. The van der Waals surface area contributed by atoms with Crippen molar-refractivity contribution in [3.63, 3.8) is 0 Å². The summed E-state index contributed by atoms with van der Waals surface area (Å²) in [4.78, 5) is 41.3. The van der Waals surface area contributed by atoms with Crippen LogP contribution in [0.4, 0.5) is 8.78 Å². The minimum atomic E-state index is -1.15. The van der Waals surface area contributed by atoms with Gasteiger partial charge < -0.3 is 16.2 Å². The fourth-order valence-corrected chi connectivity index (χ4v) is 3.62. The van der Waals surface area contributed by atoms with Gasteiger partial charge in [0.05, 0.1) is 11.0 Å². The van der Waals surface area contributed by atoms with Gasteiger partial charge in [-0.2, -0.15) is 4.98 Å². The van der Waals surface area contributed by atoms with Crippen molar-refractivity contribution in [2.75, 3.05) is 0 Å². The van der Waals surface area contributed by atoms with E-state index in [1.807, 2.05) is 0 Å². The van der Waals surface area contributed by atoms with Gasteiger partial charge in [-0.3, -0.25) is 19.0 Å². The van der Waals surface area contributed by atoms with Crippen LogP contribution in [0.15, 0.2) is 45.2 Å². The summed E-state index contributed by atoms with van der Waals surface area (Å²) in [5.74, 6) is -2.97. The van der Waals surface area contributed by atoms with Crippen LogP contribution in [0.5, 0.6) is 5.88 Å². The topological polar surface area (TPSA) is 130 Å². The number of benzene rings is 1. The van der Waals surface area contributed by atoms with Gasteiger partial charge in [0.15, 0.2) is 0 Å². The lowest BCUT2D eigenvalue weighted by atomic mass is 9.79. The highest BCUT2D eigenvalue weighted by Gasteiger charge is 2.36. The number of carbonyl (C=O) groups excluding carboxylic acids is 2. The maximum Gasteiger partial charge on any atom is 0.276 e. The highest BCUT2D eigenvalue weighted by molar-refractivity contribution is 9.10. The molecule has 2 amide bonds.